The van der Waals surface area contributed by atoms with Gasteiger partial charge in [-0.05, 0) is 61.1 Å². The van der Waals surface area contributed by atoms with Gasteiger partial charge in [-0.1, -0.05) is 63.8 Å². The van der Waals surface area contributed by atoms with Gasteiger partial charge in [0.1, 0.15) is 11.5 Å². The molecule has 0 amide bonds. The SMILES string of the molecule is CCCCCC[N+](C)(C)CCCOc1ccc(-c2ccc(OCCC[N+](C)(C)CCCCCC)cc2)cc1. The zero-order chi connectivity index (χ0) is 27.7. The van der Waals surface area contributed by atoms with Gasteiger partial charge >= 0.3 is 0 Å². The van der Waals surface area contributed by atoms with E-state index in [4.69, 9.17) is 9.47 Å². The minimum atomic E-state index is 0.775. The van der Waals surface area contributed by atoms with Crippen LogP contribution in [0.4, 0.5) is 0 Å². The highest BCUT2D eigenvalue weighted by molar-refractivity contribution is 5.64. The fourth-order valence-electron chi connectivity index (χ4n) is 5.01. The van der Waals surface area contributed by atoms with E-state index in [1.807, 2.05) is 0 Å². The smallest absolute Gasteiger partial charge is 0.119 e. The lowest BCUT2D eigenvalue weighted by Crippen LogP contribution is -2.41. The second kappa shape index (κ2) is 17.5. The zero-order valence-corrected chi connectivity index (χ0v) is 25.6. The summed E-state index contributed by atoms with van der Waals surface area (Å²) in [6.45, 7) is 10.9. The highest BCUT2D eigenvalue weighted by atomic mass is 16.5. The van der Waals surface area contributed by atoms with E-state index in [1.54, 1.807) is 0 Å². The molecule has 0 radical (unpaired) electrons. The molecule has 38 heavy (non-hydrogen) atoms. The average Bonchev–Trinajstić information content (AvgIpc) is 2.90. The number of quaternary nitrogens is 2. The number of benzene rings is 2. The summed E-state index contributed by atoms with van der Waals surface area (Å²) in [4.78, 5) is 0. The van der Waals surface area contributed by atoms with Crippen molar-refractivity contribution in [1.82, 2.24) is 0 Å². The van der Waals surface area contributed by atoms with E-state index in [0.717, 1.165) is 59.6 Å². The van der Waals surface area contributed by atoms with E-state index >= 15 is 0 Å². The maximum Gasteiger partial charge on any atom is 0.119 e. The Morgan fingerprint density at radius 3 is 1.13 bits per heavy atom. The molecule has 0 aliphatic rings. The lowest BCUT2D eigenvalue weighted by molar-refractivity contribution is -0.890. The minimum absolute atomic E-state index is 0.775. The quantitative estimate of drug-likeness (QED) is 0.121. The standard InChI is InChI=1S/C34H58N2O2/c1-7-9-11-13-25-35(3,4)27-15-29-37-33-21-17-31(18-22-33)32-19-23-34(24-20-32)38-30-16-28-36(5,6)26-14-12-10-8-2/h17-24H,7-16,25-30H2,1-6H3/q+2. The molecule has 214 valence electrons. The number of unbranched alkanes of at least 4 members (excludes halogenated alkanes) is 6. The Morgan fingerprint density at radius 2 is 0.789 bits per heavy atom. The molecule has 0 unspecified atom stereocenters. The topological polar surface area (TPSA) is 18.5 Å². The van der Waals surface area contributed by atoms with Crippen LogP contribution in [0, 0.1) is 0 Å². The normalized spacial score (nSPS) is 12.1. The number of hydrogen-bond donors (Lipinski definition) is 0. The first kappa shape index (κ1) is 32.2. The molecule has 4 heteroatoms. The van der Waals surface area contributed by atoms with Crippen molar-refractivity contribution in [2.75, 3.05) is 67.6 Å². The Bertz CT molecular complexity index is 786. The molecule has 0 saturated carbocycles. The summed E-state index contributed by atoms with van der Waals surface area (Å²) in [5, 5.41) is 0. The van der Waals surface area contributed by atoms with Crippen LogP contribution < -0.4 is 9.47 Å². The van der Waals surface area contributed by atoms with E-state index in [2.05, 4.69) is 90.6 Å². The fraction of sp³-hybridized carbons (Fsp3) is 0.647. The van der Waals surface area contributed by atoms with Crippen molar-refractivity contribution in [1.29, 1.82) is 0 Å². The van der Waals surface area contributed by atoms with Crippen molar-refractivity contribution >= 4 is 0 Å². The van der Waals surface area contributed by atoms with Crippen LogP contribution in [0.5, 0.6) is 11.5 Å². The summed E-state index contributed by atoms with van der Waals surface area (Å²) < 4.78 is 14.2. The molecule has 2 aromatic rings. The van der Waals surface area contributed by atoms with Gasteiger partial charge in [-0.2, -0.15) is 0 Å². The van der Waals surface area contributed by atoms with Gasteiger partial charge in [-0.15, -0.1) is 0 Å². The molecule has 2 aromatic carbocycles. The molecule has 0 aliphatic carbocycles. The van der Waals surface area contributed by atoms with Crippen molar-refractivity contribution in [2.24, 2.45) is 0 Å². The lowest BCUT2D eigenvalue weighted by atomic mass is 10.1. The lowest BCUT2D eigenvalue weighted by Gasteiger charge is -2.30. The van der Waals surface area contributed by atoms with Crippen LogP contribution in [-0.4, -0.2) is 76.5 Å². The Labute approximate surface area is 235 Å². The van der Waals surface area contributed by atoms with Crippen LogP contribution in [0.15, 0.2) is 48.5 Å². The molecule has 0 aromatic heterocycles. The van der Waals surface area contributed by atoms with Crippen LogP contribution in [0.25, 0.3) is 11.1 Å². The van der Waals surface area contributed by atoms with Crippen LogP contribution in [0.2, 0.25) is 0 Å². The first-order valence-electron chi connectivity index (χ1n) is 15.3. The summed E-state index contributed by atoms with van der Waals surface area (Å²) in [6, 6.07) is 17.0. The number of rotatable bonds is 21. The molecule has 0 fully saturated rings. The maximum absolute atomic E-state index is 6.03. The highest BCUT2D eigenvalue weighted by Gasteiger charge is 2.15. The van der Waals surface area contributed by atoms with Gasteiger partial charge in [0.15, 0.2) is 0 Å². The van der Waals surface area contributed by atoms with Crippen LogP contribution in [0.3, 0.4) is 0 Å². The van der Waals surface area contributed by atoms with Crippen molar-refractivity contribution in [2.45, 2.75) is 78.1 Å². The monoisotopic (exact) mass is 526 g/mol. The Kier molecular flexibility index (Phi) is 14.8. The van der Waals surface area contributed by atoms with Crippen molar-refractivity contribution in [3.63, 3.8) is 0 Å². The van der Waals surface area contributed by atoms with Gasteiger partial charge < -0.3 is 18.4 Å². The molecule has 2 rings (SSSR count). The second-order valence-electron chi connectivity index (χ2n) is 12.3. The van der Waals surface area contributed by atoms with Crippen LogP contribution >= 0.6 is 0 Å². The minimum Gasteiger partial charge on any atom is -0.493 e. The number of hydrogen-bond acceptors (Lipinski definition) is 2. The molecule has 0 saturated heterocycles. The fourth-order valence-corrected chi connectivity index (χ4v) is 5.01. The summed E-state index contributed by atoms with van der Waals surface area (Å²) in [5.74, 6) is 1.90. The first-order valence-corrected chi connectivity index (χ1v) is 15.3. The van der Waals surface area contributed by atoms with Gasteiger partial charge in [0.05, 0.1) is 67.6 Å². The van der Waals surface area contributed by atoms with Crippen molar-refractivity contribution in [3.05, 3.63) is 48.5 Å². The Morgan fingerprint density at radius 1 is 0.447 bits per heavy atom. The molecule has 0 atom stereocenters. The Hall–Kier alpha value is -2.04. The summed E-state index contributed by atoms with van der Waals surface area (Å²) in [7, 11) is 9.36. The number of nitrogens with zero attached hydrogens (tertiary/aromatic N) is 2. The first-order chi connectivity index (χ1) is 18.2. The van der Waals surface area contributed by atoms with E-state index in [0.29, 0.717) is 0 Å². The molecular weight excluding hydrogens is 468 g/mol. The van der Waals surface area contributed by atoms with Crippen molar-refractivity contribution < 1.29 is 18.4 Å². The van der Waals surface area contributed by atoms with E-state index < -0.39 is 0 Å². The molecule has 0 heterocycles. The van der Waals surface area contributed by atoms with Crippen LogP contribution in [-0.2, 0) is 0 Å². The molecule has 0 aliphatic heterocycles. The second-order valence-corrected chi connectivity index (χ2v) is 12.3. The average molecular weight is 527 g/mol. The van der Waals surface area contributed by atoms with Crippen molar-refractivity contribution in [3.8, 4) is 22.6 Å². The zero-order valence-electron chi connectivity index (χ0n) is 25.6. The molecule has 0 bridgehead atoms. The molecule has 0 N–H and O–H groups in total. The molecular formula is C34H58N2O2+2. The van der Waals surface area contributed by atoms with E-state index in [9.17, 15) is 0 Å². The number of ether oxygens (including phenoxy) is 2. The van der Waals surface area contributed by atoms with Gasteiger partial charge in [-0.25, -0.2) is 0 Å². The van der Waals surface area contributed by atoms with Gasteiger partial charge in [0.2, 0.25) is 0 Å². The third-order valence-electron chi connectivity index (χ3n) is 7.63. The molecule has 4 nitrogen and oxygen atoms in total. The van der Waals surface area contributed by atoms with E-state index in [1.165, 1.54) is 75.6 Å². The third kappa shape index (κ3) is 13.7. The largest absolute Gasteiger partial charge is 0.493 e. The highest BCUT2D eigenvalue weighted by Crippen LogP contribution is 2.25. The molecule has 0 spiro atoms. The summed E-state index contributed by atoms with van der Waals surface area (Å²) >= 11 is 0. The Balaban J connectivity index is 1.68. The van der Waals surface area contributed by atoms with Gasteiger partial charge in [0, 0.05) is 12.8 Å². The predicted molar refractivity (Wildman–Crippen MR) is 164 cm³/mol. The summed E-state index contributed by atoms with van der Waals surface area (Å²) in [6.07, 6.45) is 12.8. The van der Waals surface area contributed by atoms with E-state index in [-0.39, 0.29) is 0 Å². The van der Waals surface area contributed by atoms with Gasteiger partial charge in [-0.3, -0.25) is 0 Å². The van der Waals surface area contributed by atoms with Gasteiger partial charge in [0.25, 0.3) is 0 Å². The summed E-state index contributed by atoms with van der Waals surface area (Å²) in [5.41, 5.74) is 2.41. The predicted octanol–water partition coefficient (Wildman–Crippen LogP) is 8.20. The van der Waals surface area contributed by atoms with Crippen LogP contribution in [0.1, 0.15) is 78.1 Å². The third-order valence-corrected chi connectivity index (χ3v) is 7.63. The maximum atomic E-state index is 6.03.